The van der Waals surface area contributed by atoms with Gasteiger partial charge in [0.1, 0.15) is 5.75 Å². The van der Waals surface area contributed by atoms with Gasteiger partial charge in [-0.2, -0.15) is 10.2 Å². The van der Waals surface area contributed by atoms with Crippen LogP contribution in [-0.2, 0) is 13.1 Å². The predicted molar refractivity (Wildman–Crippen MR) is 75.7 cm³/mol. The number of ether oxygens (including phenoxy) is 1. The highest BCUT2D eigenvalue weighted by atomic mass is 16.5. The topological polar surface area (TPSA) is 44.9 Å². The first-order valence-electron chi connectivity index (χ1n) is 6.46. The van der Waals surface area contributed by atoms with Crippen LogP contribution in [-0.4, -0.2) is 26.7 Å². The van der Waals surface area contributed by atoms with E-state index in [-0.39, 0.29) is 0 Å². The molecule has 0 aliphatic carbocycles. The average Bonchev–Trinajstić information content (AvgIpc) is 3.14. The molecule has 0 fully saturated rings. The predicted octanol–water partition coefficient (Wildman–Crippen LogP) is 2.18. The van der Waals surface area contributed by atoms with Crippen molar-refractivity contribution in [3.8, 4) is 5.75 Å². The number of hydrogen-bond donors (Lipinski definition) is 0. The Morgan fingerprint density at radius 1 is 1.00 bits per heavy atom. The van der Waals surface area contributed by atoms with Crippen LogP contribution in [0, 0.1) is 0 Å². The van der Waals surface area contributed by atoms with Crippen LogP contribution in [0.15, 0.2) is 55.1 Å². The highest BCUT2D eigenvalue weighted by Gasteiger charge is 2.06. The zero-order valence-corrected chi connectivity index (χ0v) is 11.3. The molecule has 0 N–H and O–H groups in total. The Labute approximate surface area is 117 Å². The molecule has 5 heteroatoms. The van der Waals surface area contributed by atoms with Crippen molar-refractivity contribution >= 4 is 0 Å². The SMILES string of the molecule is COc1cc(Cn2cccn2)ccc1Cn1cccn1. The molecule has 0 bridgehead atoms. The van der Waals surface area contributed by atoms with E-state index in [1.165, 1.54) is 0 Å². The molecule has 0 atom stereocenters. The second-order valence-corrected chi connectivity index (χ2v) is 4.55. The van der Waals surface area contributed by atoms with E-state index < -0.39 is 0 Å². The number of methoxy groups -OCH3 is 1. The summed E-state index contributed by atoms with van der Waals surface area (Å²) in [6.45, 7) is 1.45. The molecule has 20 heavy (non-hydrogen) atoms. The van der Waals surface area contributed by atoms with Crippen LogP contribution in [0.3, 0.4) is 0 Å². The smallest absolute Gasteiger partial charge is 0.124 e. The van der Waals surface area contributed by atoms with Gasteiger partial charge < -0.3 is 4.74 Å². The Balaban J connectivity index is 1.82. The summed E-state index contributed by atoms with van der Waals surface area (Å²) in [5.41, 5.74) is 2.27. The van der Waals surface area contributed by atoms with Crippen LogP contribution in [0.1, 0.15) is 11.1 Å². The largest absolute Gasteiger partial charge is 0.496 e. The van der Waals surface area contributed by atoms with Gasteiger partial charge in [-0.05, 0) is 23.8 Å². The second kappa shape index (κ2) is 5.61. The normalized spacial score (nSPS) is 10.7. The highest BCUT2D eigenvalue weighted by molar-refractivity contribution is 5.37. The van der Waals surface area contributed by atoms with E-state index in [4.69, 9.17) is 4.74 Å². The van der Waals surface area contributed by atoms with Gasteiger partial charge in [0.2, 0.25) is 0 Å². The van der Waals surface area contributed by atoms with Gasteiger partial charge in [0.25, 0.3) is 0 Å². The number of benzene rings is 1. The van der Waals surface area contributed by atoms with Crippen LogP contribution in [0.5, 0.6) is 5.75 Å². The van der Waals surface area contributed by atoms with Gasteiger partial charge in [-0.15, -0.1) is 0 Å². The fraction of sp³-hybridized carbons (Fsp3) is 0.200. The van der Waals surface area contributed by atoms with Crippen LogP contribution in [0.2, 0.25) is 0 Å². The third-order valence-corrected chi connectivity index (χ3v) is 3.15. The third-order valence-electron chi connectivity index (χ3n) is 3.15. The molecule has 0 spiro atoms. The van der Waals surface area contributed by atoms with Gasteiger partial charge in [-0.3, -0.25) is 9.36 Å². The number of hydrogen-bond acceptors (Lipinski definition) is 3. The number of aromatic nitrogens is 4. The van der Waals surface area contributed by atoms with E-state index in [0.717, 1.165) is 23.4 Å². The quantitative estimate of drug-likeness (QED) is 0.712. The molecule has 3 rings (SSSR count). The third kappa shape index (κ3) is 2.71. The standard InChI is InChI=1S/C15H16N4O/c1-20-15-10-13(11-18-8-2-6-16-18)4-5-14(15)12-19-9-3-7-17-19/h2-10H,11-12H2,1H3. The van der Waals surface area contributed by atoms with Crippen molar-refractivity contribution in [3.63, 3.8) is 0 Å². The van der Waals surface area contributed by atoms with Gasteiger partial charge in [0.15, 0.2) is 0 Å². The van der Waals surface area contributed by atoms with E-state index in [1.54, 1.807) is 19.5 Å². The van der Waals surface area contributed by atoms with E-state index in [0.29, 0.717) is 6.54 Å². The minimum absolute atomic E-state index is 0.707. The van der Waals surface area contributed by atoms with Gasteiger partial charge >= 0.3 is 0 Å². The molecule has 0 radical (unpaired) electrons. The molecule has 2 heterocycles. The zero-order chi connectivity index (χ0) is 13.8. The van der Waals surface area contributed by atoms with E-state index >= 15 is 0 Å². The average molecular weight is 268 g/mol. The lowest BCUT2D eigenvalue weighted by atomic mass is 10.1. The summed E-state index contributed by atoms with van der Waals surface area (Å²) < 4.78 is 9.25. The molecular formula is C15H16N4O. The molecule has 5 nitrogen and oxygen atoms in total. The fourth-order valence-corrected chi connectivity index (χ4v) is 2.17. The molecular weight excluding hydrogens is 252 g/mol. The lowest BCUT2D eigenvalue weighted by Gasteiger charge is -2.11. The summed E-state index contributed by atoms with van der Waals surface area (Å²) in [4.78, 5) is 0. The Bertz CT molecular complexity index is 659. The fourth-order valence-electron chi connectivity index (χ4n) is 2.17. The monoisotopic (exact) mass is 268 g/mol. The Morgan fingerprint density at radius 3 is 2.30 bits per heavy atom. The van der Waals surface area contributed by atoms with Gasteiger partial charge in [-0.25, -0.2) is 0 Å². The second-order valence-electron chi connectivity index (χ2n) is 4.55. The molecule has 0 saturated heterocycles. The maximum absolute atomic E-state index is 5.48. The maximum atomic E-state index is 5.48. The van der Waals surface area contributed by atoms with Crippen LogP contribution >= 0.6 is 0 Å². The highest BCUT2D eigenvalue weighted by Crippen LogP contribution is 2.21. The summed E-state index contributed by atoms with van der Waals surface area (Å²) in [7, 11) is 1.69. The molecule has 0 saturated carbocycles. The van der Waals surface area contributed by atoms with Crippen molar-refractivity contribution in [1.29, 1.82) is 0 Å². The first-order valence-corrected chi connectivity index (χ1v) is 6.46. The summed E-state index contributed by atoms with van der Waals surface area (Å²) in [6.07, 6.45) is 7.45. The van der Waals surface area contributed by atoms with E-state index in [1.807, 2.05) is 33.9 Å². The summed E-state index contributed by atoms with van der Waals surface area (Å²) in [6, 6.07) is 10.1. The van der Waals surface area contributed by atoms with Crippen molar-refractivity contribution in [1.82, 2.24) is 19.6 Å². The van der Waals surface area contributed by atoms with Gasteiger partial charge in [-0.1, -0.05) is 12.1 Å². The zero-order valence-electron chi connectivity index (χ0n) is 11.3. The Morgan fingerprint density at radius 2 is 1.70 bits per heavy atom. The first-order chi connectivity index (χ1) is 9.85. The van der Waals surface area contributed by atoms with Crippen molar-refractivity contribution in [2.45, 2.75) is 13.1 Å². The Hall–Kier alpha value is -2.56. The molecule has 0 aliphatic heterocycles. The lowest BCUT2D eigenvalue weighted by molar-refractivity contribution is 0.406. The molecule has 102 valence electrons. The molecule has 3 aromatic rings. The van der Waals surface area contributed by atoms with Crippen molar-refractivity contribution in [2.24, 2.45) is 0 Å². The van der Waals surface area contributed by atoms with Crippen LogP contribution < -0.4 is 4.74 Å². The van der Waals surface area contributed by atoms with Crippen molar-refractivity contribution < 1.29 is 4.74 Å². The molecule has 0 unspecified atom stereocenters. The minimum Gasteiger partial charge on any atom is -0.496 e. The Kier molecular flexibility index (Phi) is 3.50. The summed E-state index contributed by atoms with van der Waals surface area (Å²) in [5, 5.41) is 8.43. The molecule has 1 aromatic carbocycles. The van der Waals surface area contributed by atoms with Crippen LogP contribution in [0.25, 0.3) is 0 Å². The molecule has 0 aliphatic rings. The first kappa shape index (κ1) is 12.5. The molecule has 2 aromatic heterocycles. The summed E-state index contributed by atoms with van der Waals surface area (Å²) in [5.74, 6) is 0.880. The number of rotatable bonds is 5. The van der Waals surface area contributed by atoms with E-state index in [2.05, 4.69) is 28.4 Å². The van der Waals surface area contributed by atoms with E-state index in [9.17, 15) is 0 Å². The van der Waals surface area contributed by atoms with Crippen LogP contribution in [0.4, 0.5) is 0 Å². The van der Waals surface area contributed by atoms with Crippen molar-refractivity contribution in [2.75, 3.05) is 7.11 Å². The minimum atomic E-state index is 0.707. The molecule has 0 amide bonds. The van der Waals surface area contributed by atoms with Crippen molar-refractivity contribution in [3.05, 3.63) is 66.2 Å². The van der Waals surface area contributed by atoms with Gasteiger partial charge in [0, 0.05) is 30.4 Å². The summed E-state index contributed by atoms with van der Waals surface area (Å²) >= 11 is 0. The van der Waals surface area contributed by atoms with Gasteiger partial charge in [0.05, 0.1) is 20.2 Å². The maximum Gasteiger partial charge on any atom is 0.124 e. The number of nitrogens with zero attached hydrogens (tertiary/aromatic N) is 4. The lowest BCUT2D eigenvalue weighted by Crippen LogP contribution is -2.04.